The van der Waals surface area contributed by atoms with Gasteiger partial charge in [-0.05, 0) is 67.6 Å². The van der Waals surface area contributed by atoms with Crippen LogP contribution in [0.5, 0.6) is 0 Å². The molecule has 2 saturated carbocycles. The van der Waals surface area contributed by atoms with E-state index in [4.69, 9.17) is 0 Å². The molecule has 1 N–H and O–H groups in total. The van der Waals surface area contributed by atoms with Gasteiger partial charge < -0.3 is 5.11 Å². The number of carbonyl (C=O) groups excluding carboxylic acids is 1. The number of hydrogen-bond donors (Lipinski definition) is 1. The number of carbonyl (C=O) groups is 1. The van der Waals surface area contributed by atoms with Crippen molar-refractivity contribution in [1.82, 2.24) is 0 Å². The minimum atomic E-state index is -0.229. The fourth-order valence-electron chi connectivity index (χ4n) is 6.35. The molecule has 2 nitrogen and oxygen atoms in total. The van der Waals surface area contributed by atoms with E-state index in [2.05, 4.69) is 40.5 Å². The summed E-state index contributed by atoms with van der Waals surface area (Å²) >= 11 is 0. The summed E-state index contributed by atoms with van der Waals surface area (Å²) in [5.74, 6) is 3.81. The van der Waals surface area contributed by atoms with E-state index in [1.54, 1.807) is 0 Å². The summed E-state index contributed by atoms with van der Waals surface area (Å²) in [6.07, 6.45) is 17.7. The standard InChI is InChI=1S/C22H40O2.2C2H6.C2H2/c1-6-9-17-14-18(24)10-8-11-20(17)19-12-13-22(5,16(4)23)21(7-2)15(19)3;3*1-2/h15-17,19-21,23H,6-14H2,1-5H3;2*1-2H3;1-2H. The third-order valence-corrected chi connectivity index (χ3v) is 7.87. The van der Waals surface area contributed by atoms with Crippen molar-refractivity contribution in [2.75, 3.05) is 0 Å². The van der Waals surface area contributed by atoms with Gasteiger partial charge in [-0.1, -0.05) is 74.7 Å². The molecule has 0 aliphatic heterocycles. The third kappa shape index (κ3) is 8.03. The lowest BCUT2D eigenvalue weighted by molar-refractivity contribution is -0.120. The molecule has 2 fully saturated rings. The van der Waals surface area contributed by atoms with Crippen molar-refractivity contribution in [3.05, 3.63) is 0 Å². The minimum absolute atomic E-state index is 0.0610. The van der Waals surface area contributed by atoms with Crippen LogP contribution in [0.2, 0.25) is 0 Å². The van der Waals surface area contributed by atoms with E-state index in [0.29, 0.717) is 23.5 Å². The van der Waals surface area contributed by atoms with E-state index in [-0.39, 0.29) is 11.5 Å². The summed E-state index contributed by atoms with van der Waals surface area (Å²) in [5, 5.41) is 10.4. The van der Waals surface area contributed by atoms with Crippen molar-refractivity contribution in [3.63, 3.8) is 0 Å². The van der Waals surface area contributed by atoms with Crippen LogP contribution in [-0.2, 0) is 4.79 Å². The van der Waals surface area contributed by atoms with Crippen LogP contribution in [0.25, 0.3) is 0 Å². The molecule has 2 aliphatic rings. The Bertz CT molecular complexity index is 453. The fraction of sp³-hybridized carbons (Fsp3) is 0.893. The molecule has 0 radical (unpaired) electrons. The average molecular weight is 423 g/mol. The van der Waals surface area contributed by atoms with Gasteiger partial charge in [-0.3, -0.25) is 4.79 Å². The van der Waals surface area contributed by atoms with E-state index < -0.39 is 0 Å². The molecule has 178 valence electrons. The molecule has 2 rings (SSSR count). The molecule has 7 atom stereocenters. The number of ketones is 1. The van der Waals surface area contributed by atoms with Gasteiger partial charge in [-0.2, -0.15) is 0 Å². The molecule has 0 aromatic carbocycles. The highest BCUT2D eigenvalue weighted by atomic mass is 16.3. The zero-order chi connectivity index (χ0) is 23.9. The van der Waals surface area contributed by atoms with Crippen LogP contribution in [0.3, 0.4) is 0 Å². The molecule has 0 aromatic rings. The zero-order valence-electron chi connectivity index (χ0n) is 21.8. The molecule has 0 bridgehead atoms. The molecule has 7 unspecified atom stereocenters. The summed E-state index contributed by atoms with van der Waals surface area (Å²) in [7, 11) is 0. The lowest BCUT2D eigenvalue weighted by Crippen LogP contribution is -2.48. The number of terminal acetylenes is 1. The Morgan fingerprint density at radius 1 is 1.10 bits per heavy atom. The van der Waals surface area contributed by atoms with Gasteiger partial charge in [-0.25, -0.2) is 0 Å². The minimum Gasteiger partial charge on any atom is -0.393 e. The topological polar surface area (TPSA) is 37.3 Å². The monoisotopic (exact) mass is 422 g/mol. The normalized spacial score (nSPS) is 34.5. The molecular weight excluding hydrogens is 368 g/mol. The Labute approximate surface area is 190 Å². The lowest BCUT2D eigenvalue weighted by Gasteiger charge is -2.53. The predicted molar refractivity (Wildman–Crippen MR) is 133 cm³/mol. The first-order valence-corrected chi connectivity index (χ1v) is 12.9. The molecule has 2 aliphatic carbocycles. The molecule has 0 spiro atoms. The quantitative estimate of drug-likeness (QED) is 0.361. The van der Waals surface area contributed by atoms with Gasteiger partial charge in [-0.15, -0.1) is 12.8 Å². The van der Waals surface area contributed by atoms with Gasteiger partial charge in [0.2, 0.25) is 0 Å². The van der Waals surface area contributed by atoms with Crippen LogP contribution in [0.15, 0.2) is 0 Å². The summed E-state index contributed by atoms with van der Waals surface area (Å²) in [6.45, 7) is 19.3. The highest BCUT2D eigenvalue weighted by Crippen LogP contribution is 2.54. The fourth-order valence-corrected chi connectivity index (χ4v) is 6.35. The second kappa shape index (κ2) is 16.8. The molecule has 0 saturated heterocycles. The highest BCUT2D eigenvalue weighted by molar-refractivity contribution is 5.78. The summed E-state index contributed by atoms with van der Waals surface area (Å²) in [4.78, 5) is 12.2. The van der Waals surface area contributed by atoms with Crippen molar-refractivity contribution in [2.45, 2.75) is 126 Å². The van der Waals surface area contributed by atoms with Gasteiger partial charge in [0.15, 0.2) is 0 Å². The maximum Gasteiger partial charge on any atom is 0.133 e. The number of aliphatic hydroxyl groups excluding tert-OH is 1. The Balaban J connectivity index is 0. The van der Waals surface area contributed by atoms with Crippen LogP contribution in [0, 0.1) is 47.9 Å². The van der Waals surface area contributed by atoms with E-state index in [0.717, 1.165) is 43.9 Å². The molecule has 0 amide bonds. The van der Waals surface area contributed by atoms with Crippen molar-refractivity contribution >= 4 is 5.78 Å². The zero-order valence-corrected chi connectivity index (χ0v) is 21.8. The van der Waals surface area contributed by atoms with Crippen LogP contribution in [0.1, 0.15) is 120 Å². The van der Waals surface area contributed by atoms with Crippen LogP contribution in [-0.4, -0.2) is 17.0 Å². The van der Waals surface area contributed by atoms with Gasteiger partial charge in [0.25, 0.3) is 0 Å². The van der Waals surface area contributed by atoms with Crippen molar-refractivity contribution in [3.8, 4) is 12.8 Å². The second-order valence-electron chi connectivity index (χ2n) is 9.11. The van der Waals surface area contributed by atoms with E-state index in [1.807, 2.05) is 34.6 Å². The van der Waals surface area contributed by atoms with Gasteiger partial charge in [0.1, 0.15) is 5.78 Å². The summed E-state index contributed by atoms with van der Waals surface area (Å²) < 4.78 is 0. The van der Waals surface area contributed by atoms with Gasteiger partial charge >= 0.3 is 0 Å². The smallest absolute Gasteiger partial charge is 0.133 e. The Hall–Kier alpha value is -0.810. The second-order valence-corrected chi connectivity index (χ2v) is 9.11. The summed E-state index contributed by atoms with van der Waals surface area (Å²) in [5.41, 5.74) is 0.0610. The van der Waals surface area contributed by atoms with E-state index in [1.165, 1.54) is 25.7 Å². The first-order chi connectivity index (χ1) is 14.3. The molecular formula is C28H54O2. The lowest BCUT2D eigenvalue weighted by atomic mass is 9.53. The average Bonchev–Trinajstić information content (AvgIpc) is 2.94. The first kappa shape index (κ1) is 31.4. The molecule has 30 heavy (non-hydrogen) atoms. The third-order valence-electron chi connectivity index (χ3n) is 7.87. The van der Waals surface area contributed by atoms with Gasteiger partial charge in [0, 0.05) is 12.8 Å². The Morgan fingerprint density at radius 3 is 2.13 bits per heavy atom. The number of Topliss-reactive ketones (excluding diaryl/α,β-unsaturated/α-hetero) is 1. The van der Waals surface area contributed by atoms with Crippen LogP contribution in [0.4, 0.5) is 0 Å². The number of aliphatic hydroxyl groups is 1. The van der Waals surface area contributed by atoms with Gasteiger partial charge in [0.05, 0.1) is 6.10 Å². The SMILES string of the molecule is C#C.CC.CC.CCCC1CC(=O)CCCC1C1CCC(C)(C(C)O)C(CC)C1C. The van der Waals surface area contributed by atoms with Crippen molar-refractivity contribution in [2.24, 2.45) is 35.0 Å². The largest absolute Gasteiger partial charge is 0.393 e. The van der Waals surface area contributed by atoms with E-state index in [9.17, 15) is 9.90 Å². The highest BCUT2D eigenvalue weighted by Gasteiger charge is 2.49. The van der Waals surface area contributed by atoms with Crippen molar-refractivity contribution in [1.29, 1.82) is 0 Å². The Kier molecular flexibility index (Phi) is 17.6. The molecule has 0 aromatic heterocycles. The van der Waals surface area contributed by atoms with Crippen LogP contribution < -0.4 is 0 Å². The molecule has 2 heteroatoms. The van der Waals surface area contributed by atoms with E-state index >= 15 is 0 Å². The molecule has 0 heterocycles. The Morgan fingerprint density at radius 2 is 1.67 bits per heavy atom. The number of rotatable bonds is 5. The first-order valence-electron chi connectivity index (χ1n) is 12.9. The maximum absolute atomic E-state index is 12.2. The number of hydrogen-bond acceptors (Lipinski definition) is 2. The van der Waals surface area contributed by atoms with Crippen LogP contribution >= 0.6 is 0 Å². The predicted octanol–water partition coefficient (Wildman–Crippen LogP) is 7.92. The summed E-state index contributed by atoms with van der Waals surface area (Å²) in [6, 6.07) is 0. The van der Waals surface area contributed by atoms with Crippen molar-refractivity contribution < 1.29 is 9.90 Å². The maximum atomic E-state index is 12.2.